The molecule has 3 nitrogen and oxygen atoms in total. The zero-order valence-corrected chi connectivity index (χ0v) is 12.5. The van der Waals surface area contributed by atoms with Crippen molar-refractivity contribution in [3.8, 4) is 6.07 Å². The van der Waals surface area contributed by atoms with Crippen LogP contribution in [0, 0.1) is 11.3 Å². The predicted octanol–water partition coefficient (Wildman–Crippen LogP) is 2.57. The Balaban J connectivity index is 2.71. The van der Waals surface area contributed by atoms with E-state index in [2.05, 4.69) is 43.8 Å². The van der Waals surface area contributed by atoms with Crippen molar-refractivity contribution in [1.82, 2.24) is 9.80 Å². The van der Waals surface area contributed by atoms with E-state index in [-0.39, 0.29) is 5.92 Å². The van der Waals surface area contributed by atoms with Crippen molar-refractivity contribution in [3.63, 3.8) is 0 Å². The van der Waals surface area contributed by atoms with Crippen LogP contribution in [0.3, 0.4) is 0 Å². The Bertz CT molecular complexity index is 394. The predicted molar refractivity (Wildman–Crippen MR) is 80.1 cm³/mol. The standard InChI is InChI=1S/C16H25N3/c1-5-19(14(2)12-18(3)4)13-16(11-17)15-9-7-6-8-10-15/h6-10,14,16H,5,12-13H2,1-4H3. The van der Waals surface area contributed by atoms with E-state index < -0.39 is 0 Å². The van der Waals surface area contributed by atoms with Gasteiger partial charge in [-0.15, -0.1) is 0 Å². The van der Waals surface area contributed by atoms with E-state index >= 15 is 0 Å². The molecule has 0 N–H and O–H groups in total. The van der Waals surface area contributed by atoms with E-state index in [9.17, 15) is 5.26 Å². The molecule has 0 radical (unpaired) electrons. The third kappa shape index (κ3) is 5.02. The van der Waals surface area contributed by atoms with Crippen molar-refractivity contribution in [2.45, 2.75) is 25.8 Å². The summed E-state index contributed by atoms with van der Waals surface area (Å²) in [6, 6.07) is 13.0. The lowest BCUT2D eigenvalue weighted by atomic mass is 9.99. The number of rotatable bonds is 7. The summed E-state index contributed by atoms with van der Waals surface area (Å²) in [5.41, 5.74) is 1.11. The fourth-order valence-corrected chi connectivity index (χ4v) is 2.41. The molecule has 1 aromatic rings. The van der Waals surface area contributed by atoms with Crippen molar-refractivity contribution < 1.29 is 0 Å². The van der Waals surface area contributed by atoms with Gasteiger partial charge in [0.15, 0.2) is 0 Å². The van der Waals surface area contributed by atoms with Gasteiger partial charge < -0.3 is 4.90 Å². The molecule has 0 spiro atoms. The molecule has 19 heavy (non-hydrogen) atoms. The highest BCUT2D eigenvalue weighted by Crippen LogP contribution is 2.17. The Labute approximate surface area is 117 Å². The van der Waals surface area contributed by atoms with Crippen molar-refractivity contribution in [1.29, 1.82) is 5.26 Å². The molecule has 0 bridgehead atoms. The average Bonchev–Trinajstić information content (AvgIpc) is 2.40. The number of hydrogen-bond acceptors (Lipinski definition) is 3. The molecule has 2 unspecified atom stereocenters. The minimum atomic E-state index is -0.0502. The van der Waals surface area contributed by atoms with Crippen LogP contribution in [0.15, 0.2) is 30.3 Å². The van der Waals surface area contributed by atoms with Gasteiger partial charge in [-0.25, -0.2) is 0 Å². The molecule has 0 heterocycles. The molecule has 3 heteroatoms. The van der Waals surface area contributed by atoms with Crippen LogP contribution in [0.1, 0.15) is 25.3 Å². The summed E-state index contributed by atoms with van der Waals surface area (Å²) < 4.78 is 0. The first kappa shape index (κ1) is 15.7. The van der Waals surface area contributed by atoms with Gasteiger partial charge in [-0.05, 0) is 33.1 Å². The molecule has 0 aliphatic heterocycles. The summed E-state index contributed by atoms with van der Waals surface area (Å²) in [6.45, 7) is 7.17. The molecule has 0 saturated heterocycles. The molecule has 0 aliphatic carbocycles. The van der Waals surface area contributed by atoms with Crippen LogP contribution >= 0.6 is 0 Å². The minimum absolute atomic E-state index is 0.0502. The maximum absolute atomic E-state index is 9.40. The fraction of sp³-hybridized carbons (Fsp3) is 0.562. The second-order valence-corrected chi connectivity index (χ2v) is 5.29. The van der Waals surface area contributed by atoms with Gasteiger partial charge in [0.1, 0.15) is 0 Å². The van der Waals surface area contributed by atoms with Gasteiger partial charge >= 0.3 is 0 Å². The number of hydrogen-bond donors (Lipinski definition) is 0. The molecule has 0 fully saturated rings. The van der Waals surface area contributed by atoms with E-state index in [1.54, 1.807) is 0 Å². The van der Waals surface area contributed by atoms with Gasteiger partial charge in [0.05, 0.1) is 12.0 Å². The normalized spacial score (nSPS) is 14.4. The number of nitrogens with zero attached hydrogens (tertiary/aromatic N) is 3. The SMILES string of the molecule is CCN(CC(C#N)c1ccccc1)C(C)CN(C)C. The van der Waals surface area contributed by atoms with E-state index in [1.165, 1.54) is 0 Å². The van der Waals surface area contributed by atoms with E-state index in [4.69, 9.17) is 0 Å². The second kappa shape index (κ2) is 7.93. The quantitative estimate of drug-likeness (QED) is 0.754. The number of benzene rings is 1. The Morgan fingerprint density at radius 3 is 2.26 bits per heavy atom. The lowest BCUT2D eigenvalue weighted by Gasteiger charge is -2.31. The topological polar surface area (TPSA) is 30.3 Å². The third-order valence-corrected chi connectivity index (χ3v) is 3.43. The highest BCUT2D eigenvalue weighted by Gasteiger charge is 2.19. The summed E-state index contributed by atoms with van der Waals surface area (Å²) >= 11 is 0. The lowest BCUT2D eigenvalue weighted by Crippen LogP contribution is -2.41. The molecule has 1 rings (SSSR count). The summed E-state index contributed by atoms with van der Waals surface area (Å²) in [5.74, 6) is -0.0502. The highest BCUT2D eigenvalue weighted by molar-refractivity contribution is 5.25. The van der Waals surface area contributed by atoms with Gasteiger partial charge in [0, 0.05) is 19.1 Å². The van der Waals surface area contributed by atoms with E-state index in [0.717, 1.165) is 25.2 Å². The molecule has 0 saturated carbocycles. The van der Waals surface area contributed by atoms with Gasteiger partial charge in [0.2, 0.25) is 0 Å². The fourth-order valence-electron chi connectivity index (χ4n) is 2.41. The molecular weight excluding hydrogens is 234 g/mol. The molecule has 0 amide bonds. The molecule has 0 aromatic heterocycles. The first-order valence-corrected chi connectivity index (χ1v) is 6.91. The Kier molecular flexibility index (Phi) is 6.55. The first-order valence-electron chi connectivity index (χ1n) is 6.91. The van der Waals surface area contributed by atoms with Gasteiger partial charge in [-0.3, -0.25) is 4.90 Å². The van der Waals surface area contributed by atoms with Crippen LogP contribution < -0.4 is 0 Å². The molecule has 0 aliphatic rings. The molecule has 1 aromatic carbocycles. The second-order valence-electron chi connectivity index (χ2n) is 5.29. The zero-order valence-electron chi connectivity index (χ0n) is 12.5. The maximum Gasteiger partial charge on any atom is 0.0839 e. The largest absolute Gasteiger partial charge is 0.308 e. The number of likely N-dealkylation sites (N-methyl/N-ethyl adjacent to an activating group) is 2. The summed E-state index contributed by atoms with van der Waals surface area (Å²) in [5, 5.41) is 9.40. The van der Waals surface area contributed by atoms with Crippen LogP contribution in [0.5, 0.6) is 0 Å². The zero-order chi connectivity index (χ0) is 14.3. The lowest BCUT2D eigenvalue weighted by molar-refractivity contribution is 0.179. The Hall–Kier alpha value is -1.37. The van der Waals surface area contributed by atoms with Crippen LogP contribution in [0.2, 0.25) is 0 Å². The number of nitriles is 1. The van der Waals surface area contributed by atoms with Crippen molar-refractivity contribution in [2.24, 2.45) is 0 Å². The van der Waals surface area contributed by atoms with Crippen LogP contribution in [-0.2, 0) is 0 Å². The molecule has 104 valence electrons. The van der Waals surface area contributed by atoms with Crippen molar-refractivity contribution in [2.75, 3.05) is 33.7 Å². The molecular formula is C16H25N3. The summed E-state index contributed by atoms with van der Waals surface area (Å²) in [4.78, 5) is 4.57. The first-order chi connectivity index (χ1) is 9.08. The van der Waals surface area contributed by atoms with Crippen LogP contribution in [0.25, 0.3) is 0 Å². The van der Waals surface area contributed by atoms with Crippen LogP contribution in [0.4, 0.5) is 0 Å². The maximum atomic E-state index is 9.40. The highest BCUT2D eigenvalue weighted by atomic mass is 15.2. The Morgan fingerprint density at radius 1 is 1.16 bits per heavy atom. The van der Waals surface area contributed by atoms with Gasteiger partial charge in [0.25, 0.3) is 0 Å². The van der Waals surface area contributed by atoms with Crippen LogP contribution in [-0.4, -0.2) is 49.6 Å². The average molecular weight is 259 g/mol. The minimum Gasteiger partial charge on any atom is -0.308 e. The van der Waals surface area contributed by atoms with E-state index in [0.29, 0.717) is 6.04 Å². The molecule has 2 atom stereocenters. The summed E-state index contributed by atoms with van der Waals surface area (Å²) in [7, 11) is 4.17. The van der Waals surface area contributed by atoms with Crippen molar-refractivity contribution >= 4 is 0 Å². The third-order valence-electron chi connectivity index (χ3n) is 3.43. The monoisotopic (exact) mass is 259 g/mol. The smallest absolute Gasteiger partial charge is 0.0839 e. The van der Waals surface area contributed by atoms with Crippen molar-refractivity contribution in [3.05, 3.63) is 35.9 Å². The Morgan fingerprint density at radius 2 is 1.79 bits per heavy atom. The van der Waals surface area contributed by atoms with Gasteiger partial charge in [-0.2, -0.15) is 5.26 Å². The summed E-state index contributed by atoms with van der Waals surface area (Å²) in [6.07, 6.45) is 0. The van der Waals surface area contributed by atoms with Gasteiger partial charge in [-0.1, -0.05) is 37.3 Å². The van der Waals surface area contributed by atoms with E-state index in [1.807, 2.05) is 30.3 Å².